The second kappa shape index (κ2) is 9.61. The van der Waals surface area contributed by atoms with Gasteiger partial charge < -0.3 is 19.7 Å². The number of carbonyl (C=O) groups excluding carboxylic acids is 1. The number of rotatable bonds is 7. The minimum atomic E-state index is 0.136. The number of imidazole rings is 1. The Morgan fingerprint density at radius 2 is 1.83 bits per heavy atom. The van der Waals surface area contributed by atoms with E-state index in [9.17, 15) is 4.79 Å². The summed E-state index contributed by atoms with van der Waals surface area (Å²) >= 11 is 0. The van der Waals surface area contributed by atoms with Crippen molar-refractivity contribution < 1.29 is 4.79 Å². The molecule has 1 N–H and O–H groups in total. The molecule has 158 valence electrons. The second-order valence-corrected chi connectivity index (χ2v) is 8.51. The van der Waals surface area contributed by atoms with Crippen LogP contribution >= 0.6 is 0 Å². The van der Waals surface area contributed by atoms with Gasteiger partial charge in [0.25, 0.3) is 0 Å². The Morgan fingerprint density at radius 1 is 1.07 bits per heavy atom. The first kappa shape index (κ1) is 20.2. The number of benzene rings is 1. The summed E-state index contributed by atoms with van der Waals surface area (Å²) in [5.74, 6) is 1.44. The summed E-state index contributed by atoms with van der Waals surface area (Å²) in [6.07, 6.45) is 6.86. The molecule has 2 aromatic rings. The molecule has 0 spiro atoms. The monoisotopic (exact) mass is 397 g/mol. The van der Waals surface area contributed by atoms with Crippen molar-refractivity contribution in [1.29, 1.82) is 0 Å². The van der Waals surface area contributed by atoms with Crippen molar-refractivity contribution in [2.75, 3.05) is 44.2 Å². The fourth-order valence-electron chi connectivity index (χ4n) is 4.75. The highest BCUT2D eigenvalue weighted by atomic mass is 16.1. The lowest BCUT2D eigenvalue weighted by atomic mass is 9.96. The van der Waals surface area contributed by atoms with E-state index in [1.807, 2.05) is 0 Å². The smallest absolute Gasteiger partial charge is 0.223 e. The molecule has 1 aromatic heterocycles. The molecule has 4 rings (SSSR count). The molecule has 0 bridgehead atoms. The lowest BCUT2D eigenvalue weighted by molar-refractivity contribution is -0.125. The van der Waals surface area contributed by atoms with Crippen molar-refractivity contribution in [3.63, 3.8) is 0 Å². The number of piperidine rings is 2. The molecule has 0 saturated carbocycles. The van der Waals surface area contributed by atoms with Crippen LogP contribution in [0.15, 0.2) is 24.3 Å². The zero-order valence-corrected chi connectivity index (χ0v) is 17.8. The van der Waals surface area contributed by atoms with Crippen LogP contribution in [-0.4, -0.2) is 59.6 Å². The maximum Gasteiger partial charge on any atom is 0.223 e. The Labute approximate surface area is 174 Å². The standard InChI is InChI=1S/C23H35N5O/c1-2-13-28-21-9-5-4-8-20(21)25-23(28)27-16-10-19(11-17-27)22(29)24-12-18-26-14-6-3-7-15-26/h4-5,8-9,19H,2-3,6-7,10-18H2,1H3,(H,24,29). The Bertz CT molecular complexity index is 803. The summed E-state index contributed by atoms with van der Waals surface area (Å²) < 4.78 is 2.34. The maximum atomic E-state index is 12.6. The molecule has 2 aliphatic rings. The van der Waals surface area contributed by atoms with Crippen LogP contribution in [0.1, 0.15) is 45.4 Å². The number of nitrogens with zero attached hydrogens (tertiary/aromatic N) is 4. The van der Waals surface area contributed by atoms with E-state index in [-0.39, 0.29) is 11.8 Å². The lowest BCUT2D eigenvalue weighted by Crippen LogP contribution is -2.43. The van der Waals surface area contributed by atoms with Gasteiger partial charge in [-0.25, -0.2) is 4.98 Å². The third-order valence-corrected chi connectivity index (χ3v) is 6.41. The largest absolute Gasteiger partial charge is 0.355 e. The highest BCUT2D eigenvalue weighted by molar-refractivity contribution is 5.80. The number of carbonyl (C=O) groups is 1. The molecule has 0 aliphatic carbocycles. The van der Waals surface area contributed by atoms with E-state index >= 15 is 0 Å². The fourth-order valence-corrected chi connectivity index (χ4v) is 4.75. The number of hydrogen-bond acceptors (Lipinski definition) is 4. The van der Waals surface area contributed by atoms with E-state index in [2.05, 4.69) is 50.9 Å². The number of aryl methyl sites for hydroxylation is 1. The van der Waals surface area contributed by atoms with Crippen molar-refractivity contribution in [2.45, 2.75) is 52.0 Å². The number of nitrogens with one attached hydrogen (secondary N) is 1. The summed E-state index contributed by atoms with van der Waals surface area (Å²) in [7, 11) is 0. The molecule has 2 saturated heterocycles. The summed E-state index contributed by atoms with van der Waals surface area (Å²) in [5.41, 5.74) is 2.27. The van der Waals surface area contributed by atoms with Crippen LogP contribution < -0.4 is 10.2 Å². The van der Waals surface area contributed by atoms with Crippen LogP contribution in [0.3, 0.4) is 0 Å². The number of para-hydroxylation sites is 2. The molecule has 0 unspecified atom stereocenters. The van der Waals surface area contributed by atoms with E-state index < -0.39 is 0 Å². The topological polar surface area (TPSA) is 53.4 Å². The Morgan fingerprint density at radius 3 is 2.59 bits per heavy atom. The van der Waals surface area contributed by atoms with Crippen LogP contribution in [0, 0.1) is 5.92 Å². The van der Waals surface area contributed by atoms with E-state index in [1.54, 1.807) is 0 Å². The van der Waals surface area contributed by atoms with Crippen molar-refractivity contribution in [1.82, 2.24) is 19.8 Å². The number of likely N-dealkylation sites (tertiary alicyclic amines) is 1. The van der Waals surface area contributed by atoms with E-state index in [0.717, 1.165) is 63.5 Å². The first-order valence-corrected chi connectivity index (χ1v) is 11.5. The minimum absolute atomic E-state index is 0.136. The first-order chi connectivity index (χ1) is 14.3. The highest BCUT2D eigenvalue weighted by Crippen LogP contribution is 2.27. The first-order valence-electron chi connectivity index (χ1n) is 11.5. The molecule has 29 heavy (non-hydrogen) atoms. The van der Waals surface area contributed by atoms with E-state index in [1.165, 1.54) is 37.9 Å². The number of amides is 1. The Kier molecular flexibility index (Phi) is 6.70. The van der Waals surface area contributed by atoms with Crippen LogP contribution in [0.25, 0.3) is 11.0 Å². The molecule has 1 amide bonds. The molecule has 6 nitrogen and oxygen atoms in total. The fraction of sp³-hybridized carbons (Fsp3) is 0.652. The summed E-state index contributed by atoms with van der Waals surface area (Å²) in [5, 5.41) is 3.19. The zero-order valence-electron chi connectivity index (χ0n) is 17.8. The predicted octanol–water partition coefficient (Wildman–Crippen LogP) is 3.26. The second-order valence-electron chi connectivity index (χ2n) is 8.51. The molecule has 0 atom stereocenters. The highest BCUT2D eigenvalue weighted by Gasteiger charge is 2.27. The van der Waals surface area contributed by atoms with Crippen molar-refractivity contribution in [2.24, 2.45) is 5.92 Å². The molecule has 2 fully saturated rings. The van der Waals surface area contributed by atoms with Gasteiger partial charge >= 0.3 is 0 Å². The lowest BCUT2D eigenvalue weighted by Gasteiger charge is -2.32. The summed E-state index contributed by atoms with van der Waals surface area (Å²) in [4.78, 5) is 22.4. The Hall–Kier alpha value is -2.08. The number of aromatic nitrogens is 2. The SMILES string of the molecule is CCCn1c(N2CCC(C(=O)NCCN3CCCCC3)CC2)nc2ccccc21. The number of hydrogen-bond donors (Lipinski definition) is 1. The van der Waals surface area contributed by atoms with E-state index in [4.69, 9.17) is 4.98 Å². The summed E-state index contributed by atoms with van der Waals surface area (Å²) in [6, 6.07) is 8.38. The molecular weight excluding hydrogens is 362 g/mol. The third kappa shape index (κ3) is 4.74. The van der Waals surface area contributed by atoms with Gasteiger partial charge in [0, 0.05) is 38.6 Å². The molecule has 2 aliphatic heterocycles. The zero-order chi connectivity index (χ0) is 20.1. The number of anilines is 1. The van der Waals surface area contributed by atoms with Crippen molar-refractivity contribution in [3.8, 4) is 0 Å². The van der Waals surface area contributed by atoms with Gasteiger partial charge in [0.1, 0.15) is 0 Å². The normalized spacial score (nSPS) is 19.0. The molecular formula is C23H35N5O. The van der Waals surface area contributed by atoms with Crippen molar-refractivity contribution in [3.05, 3.63) is 24.3 Å². The minimum Gasteiger partial charge on any atom is -0.355 e. The maximum absolute atomic E-state index is 12.6. The van der Waals surface area contributed by atoms with Gasteiger partial charge in [-0.3, -0.25) is 4.79 Å². The van der Waals surface area contributed by atoms with Crippen LogP contribution in [-0.2, 0) is 11.3 Å². The van der Waals surface area contributed by atoms with Crippen LogP contribution in [0.2, 0.25) is 0 Å². The molecule has 1 aromatic carbocycles. The van der Waals surface area contributed by atoms with Gasteiger partial charge in [0.2, 0.25) is 11.9 Å². The van der Waals surface area contributed by atoms with Gasteiger partial charge in [-0.2, -0.15) is 0 Å². The third-order valence-electron chi connectivity index (χ3n) is 6.41. The molecule has 6 heteroatoms. The van der Waals surface area contributed by atoms with Gasteiger partial charge in [-0.1, -0.05) is 25.5 Å². The van der Waals surface area contributed by atoms with Crippen LogP contribution in [0.4, 0.5) is 5.95 Å². The van der Waals surface area contributed by atoms with Gasteiger partial charge in [0.05, 0.1) is 11.0 Å². The summed E-state index contributed by atoms with van der Waals surface area (Å²) in [6.45, 7) is 9.14. The average Bonchev–Trinajstić information content (AvgIpc) is 3.13. The van der Waals surface area contributed by atoms with Crippen LogP contribution in [0.5, 0.6) is 0 Å². The number of fused-ring (bicyclic) bond motifs is 1. The van der Waals surface area contributed by atoms with Gasteiger partial charge in [-0.15, -0.1) is 0 Å². The average molecular weight is 398 g/mol. The van der Waals surface area contributed by atoms with Gasteiger partial charge in [0.15, 0.2) is 0 Å². The van der Waals surface area contributed by atoms with Crippen molar-refractivity contribution >= 4 is 22.9 Å². The molecule has 3 heterocycles. The quantitative estimate of drug-likeness (QED) is 0.779. The predicted molar refractivity (Wildman–Crippen MR) is 118 cm³/mol. The Balaban J connectivity index is 1.30. The molecule has 0 radical (unpaired) electrons. The van der Waals surface area contributed by atoms with Gasteiger partial charge in [-0.05, 0) is 57.3 Å². The van der Waals surface area contributed by atoms with E-state index in [0.29, 0.717) is 0 Å².